The normalized spacial score (nSPS) is 12.8. The molecule has 0 aromatic rings. The molecule has 0 fully saturated rings. The van der Waals surface area contributed by atoms with E-state index in [1.54, 1.807) is 0 Å². The quantitative estimate of drug-likeness (QED) is 0.0262. The molecule has 0 saturated heterocycles. The highest BCUT2D eigenvalue weighted by molar-refractivity contribution is 5.71. The van der Waals surface area contributed by atoms with Crippen molar-refractivity contribution >= 4 is 17.9 Å². The van der Waals surface area contributed by atoms with Crippen LogP contribution in [0.4, 0.5) is 0 Å². The van der Waals surface area contributed by atoms with E-state index in [1.807, 2.05) is 0 Å². The van der Waals surface area contributed by atoms with Gasteiger partial charge in [-0.25, -0.2) is 0 Å². The smallest absolute Gasteiger partial charge is 0.306 e. The van der Waals surface area contributed by atoms with E-state index in [0.717, 1.165) is 109 Å². The molecule has 0 saturated carbocycles. The number of rotatable bonds is 47. The zero-order valence-corrected chi connectivity index (χ0v) is 42.2. The van der Waals surface area contributed by atoms with Crippen molar-refractivity contribution in [3.63, 3.8) is 0 Å². The van der Waals surface area contributed by atoms with Crippen molar-refractivity contribution in [1.82, 2.24) is 0 Å². The third-order valence-corrected chi connectivity index (χ3v) is 11.0. The van der Waals surface area contributed by atoms with Crippen LogP contribution in [0, 0.1) is 0 Å². The van der Waals surface area contributed by atoms with Crippen LogP contribution < -0.4 is 0 Å². The Kier molecular flexibility index (Phi) is 50.0. The van der Waals surface area contributed by atoms with Gasteiger partial charge in [0, 0.05) is 19.3 Å². The Morgan fingerprint density at radius 2 is 0.646 bits per heavy atom. The summed E-state index contributed by atoms with van der Waals surface area (Å²) < 4.78 is 16.8. The van der Waals surface area contributed by atoms with Crippen molar-refractivity contribution in [2.75, 3.05) is 13.2 Å². The largest absolute Gasteiger partial charge is 0.462 e. The number of hydrogen-bond donors (Lipinski definition) is 0. The van der Waals surface area contributed by atoms with Crippen LogP contribution in [0.5, 0.6) is 0 Å². The molecule has 0 bridgehead atoms. The van der Waals surface area contributed by atoms with Gasteiger partial charge in [0.2, 0.25) is 0 Å². The van der Waals surface area contributed by atoms with Gasteiger partial charge in [-0.05, 0) is 109 Å². The van der Waals surface area contributed by atoms with E-state index in [0.29, 0.717) is 19.3 Å². The Labute approximate surface area is 400 Å². The fourth-order valence-electron chi connectivity index (χ4n) is 7.04. The highest BCUT2D eigenvalue weighted by Crippen LogP contribution is 2.14. The van der Waals surface area contributed by atoms with Crippen LogP contribution in [0.25, 0.3) is 0 Å². The molecule has 1 unspecified atom stereocenters. The summed E-state index contributed by atoms with van der Waals surface area (Å²) >= 11 is 0. The highest BCUT2D eigenvalue weighted by atomic mass is 16.6. The first-order chi connectivity index (χ1) is 32.0. The second-order valence-electron chi connectivity index (χ2n) is 17.4. The van der Waals surface area contributed by atoms with Gasteiger partial charge in [0.05, 0.1) is 0 Å². The average Bonchev–Trinajstić information content (AvgIpc) is 3.30. The van der Waals surface area contributed by atoms with Crippen LogP contribution in [0.3, 0.4) is 0 Å². The van der Waals surface area contributed by atoms with E-state index in [-0.39, 0.29) is 37.5 Å². The van der Waals surface area contributed by atoms with Gasteiger partial charge in [0.1, 0.15) is 13.2 Å². The van der Waals surface area contributed by atoms with Gasteiger partial charge in [0.25, 0.3) is 0 Å². The minimum Gasteiger partial charge on any atom is -0.462 e. The number of esters is 3. The summed E-state index contributed by atoms with van der Waals surface area (Å²) in [5.41, 5.74) is 0. The maximum Gasteiger partial charge on any atom is 0.306 e. The summed E-state index contributed by atoms with van der Waals surface area (Å²) in [6.07, 6.45) is 69.7. The molecule has 0 radical (unpaired) electrons. The van der Waals surface area contributed by atoms with E-state index >= 15 is 0 Å². The van der Waals surface area contributed by atoms with Gasteiger partial charge in [-0.2, -0.15) is 0 Å². The lowest BCUT2D eigenvalue weighted by Crippen LogP contribution is -2.30. The first-order valence-electron chi connectivity index (χ1n) is 26.7. The number of allylic oxidation sites excluding steroid dienone is 16. The summed E-state index contributed by atoms with van der Waals surface area (Å²) in [4.78, 5) is 38.0. The molecule has 65 heavy (non-hydrogen) atoms. The zero-order valence-electron chi connectivity index (χ0n) is 42.2. The summed E-state index contributed by atoms with van der Waals surface area (Å²) in [6, 6.07) is 0. The fourth-order valence-corrected chi connectivity index (χ4v) is 7.04. The Morgan fingerprint density at radius 3 is 1.08 bits per heavy atom. The van der Waals surface area contributed by atoms with Crippen molar-refractivity contribution in [3.8, 4) is 0 Å². The summed E-state index contributed by atoms with van der Waals surface area (Å²) in [5, 5.41) is 0. The van der Waals surface area contributed by atoms with E-state index in [4.69, 9.17) is 14.2 Å². The van der Waals surface area contributed by atoms with Crippen LogP contribution in [-0.2, 0) is 28.6 Å². The molecule has 0 heterocycles. The molecule has 0 aromatic heterocycles. The van der Waals surface area contributed by atoms with Gasteiger partial charge in [-0.3, -0.25) is 14.4 Å². The summed E-state index contributed by atoms with van der Waals surface area (Å²) in [7, 11) is 0. The molecule has 0 spiro atoms. The molecule has 0 aliphatic rings. The van der Waals surface area contributed by atoms with Crippen LogP contribution in [0.15, 0.2) is 97.2 Å². The lowest BCUT2D eigenvalue weighted by atomic mass is 10.1. The predicted octanol–water partition coefficient (Wildman–Crippen LogP) is 17.8. The molecule has 0 aromatic carbocycles. The summed E-state index contributed by atoms with van der Waals surface area (Å²) in [5.74, 6) is -0.984. The van der Waals surface area contributed by atoms with E-state index < -0.39 is 6.10 Å². The topological polar surface area (TPSA) is 78.9 Å². The maximum atomic E-state index is 12.8. The molecule has 0 rings (SSSR count). The van der Waals surface area contributed by atoms with E-state index in [1.165, 1.54) is 83.5 Å². The highest BCUT2D eigenvalue weighted by Gasteiger charge is 2.19. The monoisotopic (exact) mass is 903 g/mol. The van der Waals surface area contributed by atoms with Crippen molar-refractivity contribution < 1.29 is 28.6 Å². The van der Waals surface area contributed by atoms with Gasteiger partial charge >= 0.3 is 17.9 Å². The number of hydrogen-bond acceptors (Lipinski definition) is 6. The molecule has 0 amide bonds. The Balaban J connectivity index is 4.50. The van der Waals surface area contributed by atoms with Crippen LogP contribution in [0.2, 0.25) is 0 Å². The second kappa shape index (κ2) is 52.9. The third-order valence-electron chi connectivity index (χ3n) is 11.0. The molecular weight excluding hydrogens is 805 g/mol. The van der Waals surface area contributed by atoms with E-state index in [9.17, 15) is 14.4 Å². The van der Waals surface area contributed by atoms with Crippen molar-refractivity contribution in [1.29, 1.82) is 0 Å². The van der Waals surface area contributed by atoms with Gasteiger partial charge < -0.3 is 14.2 Å². The van der Waals surface area contributed by atoms with Gasteiger partial charge in [0.15, 0.2) is 6.10 Å². The third kappa shape index (κ3) is 51.2. The van der Waals surface area contributed by atoms with Crippen LogP contribution in [0.1, 0.15) is 239 Å². The zero-order chi connectivity index (χ0) is 47.2. The Morgan fingerprint density at radius 1 is 0.323 bits per heavy atom. The lowest BCUT2D eigenvalue weighted by Gasteiger charge is -2.18. The standard InChI is InChI=1S/C59H98O6/c1-4-7-10-13-16-19-22-25-27-29-31-34-37-40-43-46-49-52-58(61)64-55-56(54-63-57(60)51-48-45-42-39-36-33-24-21-18-15-12-9-6-3)65-59(62)53-50-47-44-41-38-35-32-30-28-26-23-20-17-14-11-8-5-2/h7,10,12,15-16,19,21,24-28,31,34,40,43,56H,4-6,8-9,11,13-14,17-18,20,22-23,29-30,32-33,35-39,41-42,44-55H2,1-3H3/b10-7-,15-12-,19-16-,24-21-,27-25-,28-26-,34-31-,43-40-. The summed E-state index contributed by atoms with van der Waals surface area (Å²) in [6.45, 7) is 6.39. The lowest BCUT2D eigenvalue weighted by molar-refractivity contribution is -0.167. The van der Waals surface area contributed by atoms with Crippen LogP contribution in [-0.4, -0.2) is 37.2 Å². The minimum atomic E-state index is -0.809. The molecule has 1 atom stereocenters. The molecule has 6 heteroatoms. The van der Waals surface area contributed by atoms with Crippen molar-refractivity contribution in [3.05, 3.63) is 97.2 Å². The molecule has 6 nitrogen and oxygen atoms in total. The van der Waals surface area contributed by atoms with Crippen molar-refractivity contribution in [2.24, 2.45) is 0 Å². The average molecular weight is 903 g/mol. The first kappa shape index (κ1) is 61.3. The fraction of sp³-hybridized carbons (Fsp3) is 0.678. The van der Waals surface area contributed by atoms with E-state index in [2.05, 4.69) is 118 Å². The Hall–Kier alpha value is -3.67. The van der Waals surface area contributed by atoms with Crippen LogP contribution >= 0.6 is 0 Å². The van der Waals surface area contributed by atoms with Crippen molar-refractivity contribution in [2.45, 2.75) is 245 Å². The minimum absolute atomic E-state index is 0.105. The number of carbonyl (C=O) groups excluding carboxylic acids is 3. The molecular formula is C59H98O6. The molecule has 0 N–H and O–H groups in total. The predicted molar refractivity (Wildman–Crippen MR) is 279 cm³/mol. The SMILES string of the molecule is CC/C=C\C/C=C\C/C=C\C/C=C\C/C=C\CCCC(=O)OCC(COC(=O)CCCCCCC/C=C\C/C=C\CCC)OC(=O)CCCCCCCCC/C=C\CCCCCCCC. The Bertz CT molecular complexity index is 1310. The molecule has 0 aliphatic heterocycles. The molecule has 370 valence electrons. The number of ether oxygens (including phenoxy) is 3. The van der Waals surface area contributed by atoms with Gasteiger partial charge in [-0.15, -0.1) is 0 Å². The second-order valence-corrected chi connectivity index (χ2v) is 17.4. The number of unbranched alkanes of at least 4 members (excludes halogenated alkanes) is 20. The first-order valence-corrected chi connectivity index (χ1v) is 26.7. The maximum absolute atomic E-state index is 12.8. The molecule has 0 aliphatic carbocycles. The number of carbonyl (C=O) groups is 3. The van der Waals surface area contributed by atoms with Gasteiger partial charge in [-0.1, -0.05) is 208 Å².